The molecule has 102 valence electrons. The summed E-state index contributed by atoms with van der Waals surface area (Å²) >= 11 is 0. The van der Waals surface area contributed by atoms with Gasteiger partial charge in [-0.15, -0.1) is 0 Å². The summed E-state index contributed by atoms with van der Waals surface area (Å²) in [6, 6.07) is 3.92. The Labute approximate surface area is 111 Å². The molecule has 0 saturated carbocycles. The Kier molecular flexibility index (Phi) is 5.45. The predicted octanol–water partition coefficient (Wildman–Crippen LogP) is 3.71. The van der Waals surface area contributed by atoms with Gasteiger partial charge < -0.3 is 10.6 Å². The SMILES string of the molecule is CCN(CCCCC(C)(C)C)c1ccc(N)cn1. The molecular weight excluding hydrogens is 222 g/mol. The van der Waals surface area contributed by atoms with Crippen molar-refractivity contribution in [2.75, 3.05) is 23.7 Å². The van der Waals surface area contributed by atoms with E-state index in [0.717, 1.165) is 24.6 Å². The minimum Gasteiger partial charge on any atom is -0.397 e. The van der Waals surface area contributed by atoms with Gasteiger partial charge in [-0.25, -0.2) is 4.98 Å². The third-order valence-electron chi connectivity index (χ3n) is 3.08. The molecule has 0 unspecified atom stereocenters. The highest BCUT2D eigenvalue weighted by Gasteiger charge is 2.10. The van der Waals surface area contributed by atoms with Crippen LogP contribution in [0.2, 0.25) is 0 Å². The number of unbranched alkanes of at least 4 members (excludes halogenated alkanes) is 1. The average Bonchev–Trinajstić information content (AvgIpc) is 2.29. The van der Waals surface area contributed by atoms with Crippen molar-refractivity contribution in [3.63, 3.8) is 0 Å². The smallest absolute Gasteiger partial charge is 0.128 e. The largest absolute Gasteiger partial charge is 0.397 e. The van der Waals surface area contributed by atoms with Gasteiger partial charge in [-0.3, -0.25) is 0 Å². The summed E-state index contributed by atoms with van der Waals surface area (Å²) in [4.78, 5) is 6.69. The van der Waals surface area contributed by atoms with Crippen molar-refractivity contribution < 1.29 is 0 Å². The van der Waals surface area contributed by atoms with Crippen LogP contribution in [0, 0.1) is 5.41 Å². The normalized spacial score (nSPS) is 11.6. The van der Waals surface area contributed by atoms with Gasteiger partial charge in [0.1, 0.15) is 5.82 Å². The maximum atomic E-state index is 5.66. The van der Waals surface area contributed by atoms with Crippen LogP contribution in [0.15, 0.2) is 18.3 Å². The Morgan fingerprint density at radius 3 is 2.44 bits per heavy atom. The predicted molar refractivity (Wildman–Crippen MR) is 79.8 cm³/mol. The van der Waals surface area contributed by atoms with Crippen molar-refractivity contribution >= 4 is 11.5 Å². The van der Waals surface area contributed by atoms with Gasteiger partial charge in [0.05, 0.1) is 11.9 Å². The lowest BCUT2D eigenvalue weighted by Crippen LogP contribution is -2.25. The number of nitrogens with two attached hydrogens (primary N) is 1. The molecule has 1 aromatic heterocycles. The highest BCUT2D eigenvalue weighted by atomic mass is 15.2. The second kappa shape index (κ2) is 6.62. The molecule has 0 radical (unpaired) electrons. The van der Waals surface area contributed by atoms with Gasteiger partial charge in [-0.05, 0) is 37.3 Å². The molecule has 0 atom stereocenters. The van der Waals surface area contributed by atoms with Gasteiger partial charge in [-0.2, -0.15) is 0 Å². The van der Waals surface area contributed by atoms with Crippen LogP contribution in [0.25, 0.3) is 0 Å². The van der Waals surface area contributed by atoms with Crippen molar-refractivity contribution in [1.82, 2.24) is 4.98 Å². The first-order valence-corrected chi connectivity index (χ1v) is 6.89. The summed E-state index contributed by atoms with van der Waals surface area (Å²) in [7, 11) is 0. The van der Waals surface area contributed by atoms with E-state index < -0.39 is 0 Å². The van der Waals surface area contributed by atoms with Crippen LogP contribution < -0.4 is 10.6 Å². The Morgan fingerprint density at radius 2 is 1.94 bits per heavy atom. The number of hydrogen-bond donors (Lipinski definition) is 1. The first kappa shape index (κ1) is 14.8. The summed E-state index contributed by atoms with van der Waals surface area (Å²) < 4.78 is 0. The number of aromatic nitrogens is 1. The monoisotopic (exact) mass is 249 g/mol. The van der Waals surface area contributed by atoms with E-state index in [4.69, 9.17) is 5.73 Å². The molecule has 0 aromatic carbocycles. The van der Waals surface area contributed by atoms with E-state index in [2.05, 4.69) is 37.6 Å². The van der Waals surface area contributed by atoms with E-state index in [1.165, 1.54) is 19.3 Å². The molecule has 1 aromatic rings. The number of nitrogens with zero attached hydrogens (tertiary/aromatic N) is 2. The van der Waals surface area contributed by atoms with Crippen LogP contribution in [-0.2, 0) is 0 Å². The molecule has 3 nitrogen and oxygen atoms in total. The second-order valence-corrected chi connectivity index (χ2v) is 6.05. The van der Waals surface area contributed by atoms with Crippen LogP contribution in [-0.4, -0.2) is 18.1 Å². The summed E-state index contributed by atoms with van der Waals surface area (Å²) in [5.74, 6) is 1.03. The quantitative estimate of drug-likeness (QED) is 0.782. The minimum atomic E-state index is 0.441. The molecule has 1 heterocycles. The molecule has 0 fully saturated rings. The molecular formula is C15H27N3. The zero-order valence-electron chi connectivity index (χ0n) is 12.2. The van der Waals surface area contributed by atoms with Crippen LogP contribution in [0.1, 0.15) is 47.0 Å². The Morgan fingerprint density at radius 1 is 1.22 bits per heavy atom. The second-order valence-electron chi connectivity index (χ2n) is 6.05. The maximum Gasteiger partial charge on any atom is 0.128 e. The Bertz CT molecular complexity index is 338. The van der Waals surface area contributed by atoms with Crippen LogP contribution in [0.5, 0.6) is 0 Å². The molecule has 0 saturated heterocycles. The highest BCUT2D eigenvalue weighted by Crippen LogP contribution is 2.22. The number of hydrogen-bond acceptors (Lipinski definition) is 3. The standard InChI is InChI=1S/C15H27N3/c1-5-18(11-7-6-10-15(2,3)4)14-9-8-13(16)12-17-14/h8-9,12H,5-7,10-11,16H2,1-4H3. The van der Waals surface area contributed by atoms with Gasteiger partial charge in [-0.1, -0.05) is 27.2 Å². The summed E-state index contributed by atoms with van der Waals surface area (Å²) in [6.07, 6.45) is 5.50. The Hall–Kier alpha value is -1.25. The highest BCUT2D eigenvalue weighted by molar-refractivity contribution is 5.45. The van der Waals surface area contributed by atoms with E-state index in [1.807, 2.05) is 12.1 Å². The number of rotatable bonds is 6. The lowest BCUT2D eigenvalue weighted by Gasteiger charge is -2.23. The van der Waals surface area contributed by atoms with E-state index in [1.54, 1.807) is 6.20 Å². The zero-order chi connectivity index (χ0) is 13.6. The number of nitrogen functional groups attached to an aromatic ring is 1. The Balaban J connectivity index is 2.40. The topological polar surface area (TPSA) is 42.1 Å². The molecule has 18 heavy (non-hydrogen) atoms. The number of pyridine rings is 1. The molecule has 0 spiro atoms. The van der Waals surface area contributed by atoms with E-state index in [-0.39, 0.29) is 0 Å². The van der Waals surface area contributed by atoms with E-state index >= 15 is 0 Å². The molecule has 0 aliphatic rings. The van der Waals surface area contributed by atoms with Crippen molar-refractivity contribution in [2.24, 2.45) is 5.41 Å². The van der Waals surface area contributed by atoms with Crippen LogP contribution >= 0.6 is 0 Å². The maximum absolute atomic E-state index is 5.66. The third-order valence-corrected chi connectivity index (χ3v) is 3.08. The lowest BCUT2D eigenvalue weighted by molar-refractivity contribution is 0.360. The molecule has 1 rings (SSSR count). The fourth-order valence-corrected chi connectivity index (χ4v) is 1.98. The molecule has 2 N–H and O–H groups in total. The van der Waals surface area contributed by atoms with E-state index in [0.29, 0.717) is 5.41 Å². The minimum absolute atomic E-state index is 0.441. The van der Waals surface area contributed by atoms with Crippen LogP contribution in [0.3, 0.4) is 0 Å². The summed E-state index contributed by atoms with van der Waals surface area (Å²) in [5, 5.41) is 0. The number of anilines is 2. The molecule has 0 amide bonds. The van der Waals surface area contributed by atoms with Gasteiger partial charge >= 0.3 is 0 Å². The fraction of sp³-hybridized carbons (Fsp3) is 0.667. The fourth-order valence-electron chi connectivity index (χ4n) is 1.98. The van der Waals surface area contributed by atoms with Crippen molar-refractivity contribution in [1.29, 1.82) is 0 Å². The summed E-state index contributed by atoms with van der Waals surface area (Å²) in [6.45, 7) is 11.1. The van der Waals surface area contributed by atoms with Crippen molar-refractivity contribution in [3.05, 3.63) is 18.3 Å². The zero-order valence-corrected chi connectivity index (χ0v) is 12.2. The van der Waals surface area contributed by atoms with Gasteiger partial charge in [0.25, 0.3) is 0 Å². The van der Waals surface area contributed by atoms with Gasteiger partial charge in [0, 0.05) is 13.1 Å². The van der Waals surface area contributed by atoms with Crippen LogP contribution in [0.4, 0.5) is 11.5 Å². The van der Waals surface area contributed by atoms with Gasteiger partial charge in [0.2, 0.25) is 0 Å². The molecule has 0 aliphatic carbocycles. The first-order valence-electron chi connectivity index (χ1n) is 6.89. The third kappa shape index (κ3) is 5.39. The van der Waals surface area contributed by atoms with Crippen molar-refractivity contribution in [2.45, 2.75) is 47.0 Å². The molecule has 0 aliphatic heterocycles. The average molecular weight is 249 g/mol. The summed E-state index contributed by atoms with van der Waals surface area (Å²) in [5.41, 5.74) is 6.82. The molecule has 3 heteroatoms. The molecule has 0 bridgehead atoms. The lowest BCUT2D eigenvalue weighted by atomic mass is 9.90. The first-order chi connectivity index (χ1) is 8.42. The van der Waals surface area contributed by atoms with Gasteiger partial charge in [0.15, 0.2) is 0 Å². The van der Waals surface area contributed by atoms with Crippen molar-refractivity contribution in [3.8, 4) is 0 Å². The van der Waals surface area contributed by atoms with E-state index in [9.17, 15) is 0 Å².